The molecule has 0 unspecified atom stereocenters. The highest BCUT2D eigenvalue weighted by molar-refractivity contribution is 5.87. The summed E-state index contributed by atoms with van der Waals surface area (Å²) in [5.41, 5.74) is 4.97. The van der Waals surface area contributed by atoms with E-state index >= 15 is 0 Å². The molecule has 0 atom stereocenters. The second-order valence-electron chi connectivity index (χ2n) is 6.59. The SMILES string of the molecule is COC(=O)c1cc2n(n1)CCN(Cc1[nH]c3ccc(OC)cc3c1C)C2. The molecule has 1 aromatic carbocycles. The van der Waals surface area contributed by atoms with Gasteiger partial charge in [-0.3, -0.25) is 9.58 Å². The van der Waals surface area contributed by atoms with Crippen molar-refractivity contribution in [2.24, 2.45) is 0 Å². The second kappa shape index (κ2) is 6.49. The molecule has 7 heteroatoms. The second-order valence-corrected chi connectivity index (χ2v) is 6.59. The number of carbonyl (C=O) groups excluding carboxylic acids is 1. The molecule has 1 aliphatic heterocycles. The van der Waals surface area contributed by atoms with Crippen molar-refractivity contribution in [3.05, 3.63) is 46.9 Å². The third-order valence-corrected chi connectivity index (χ3v) is 5.02. The molecule has 26 heavy (non-hydrogen) atoms. The van der Waals surface area contributed by atoms with Crippen LogP contribution in [0.25, 0.3) is 10.9 Å². The normalized spacial score (nSPS) is 14.4. The molecule has 0 saturated carbocycles. The molecule has 3 heterocycles. The summed E-state index contributed by atoms with van der Waals surface area (Å²) in [7, 11) is 3.06. The molecule has 0 aliphatic carbocycles. The molecular weight excluding hydrogens is 332 g/mol. The number of aromatic nitrogens is 3. The number of aryl methyl sites for hydroxylation is 1. The Hall–Kier alpha value is -2.80. The number of carbonyl (C=O) groups is 1. The van der Waals surface area contributed by atoms with E-state index in [2.05, 4.69) is 34.0 Å². The lowest BCUT2D eigenvalue weighted by molar-refractivity contribution is 0.0593. The summed E-state index contributed by atoms with van der Waals surface area (Å²) >= 11 is 0. The Kier molecular flexibility index (Phi) is 4.16. The molecule has 7 nitrogen and oxygen atoms in total. The molecule has 0 spiro atoms. The summed E-state index contributed by atoms with van der Waals surface area (Å²) in [5, 5.41) is 5.52. The minimum absolute atomic E-state index is 0.373. The fourth-order valence-electron chi connectivity index (χ4n) is 3.53. The van der Waals surface area contributed by atoms with Gasteiger partial charge in [0.1, 0.15) is 5.75 Å². The van der Waals surface area contributed by atoms with Crippen LogP contribution in [0.3, 0.4) is 0 Å². The summed E-state index contributed by atoms with van der Waals surface area (Å²) in [6, 6.07) is 7.91. The number of H-pyrrole nitrogens is 1. The van der Waals surface area contributed by atoms with E-state index in [0.717, 1.165) is 43.1 Å². The number of ether oxygens (including phenoxy) is 2. The van der Waals surface area contributed by atoms with Gasteiger partial charge in [-0.25, -0.2) is 4.79 Å². The Morgan fingerprint density at radius 1 is 1.27 bits per heavy atom. The number of rotatable bonds is 4. The Labute approximate surface area is 151 Å². The summed E-state index contributed by atoms with van der Waals surface area (Å²) < 4.78 is 12.0. The molecule has 0 bridgehead atoms. The Bertz CT molecular complexity index is 973. The molecule has 3 aromatic rings. The number of benzene rings is 1. The minimum Gasteiger partial charge on any atom is -0.497 e. The number of methoxy groups -OCH3 is 2. The summed E-state index contributed by atoms with van der Waals surface area (Å²) in [6.07, 6.45) is 0. The first-order valence-electron chi connectivity index (χ1n) is 8.61. The summed E-state index contributed by atoms with van der Waals surface area (Å²) in [6.45, 7) is 5.35. The van der Waals surface area contributed by atoms with Crippen LogP contribution in [0, 0.1) is 6.92 Å². The van der Waals surface area contributed by atoms with Gasteiger partial charge in [0.2, 0.25) is 0 Å². The number of nitrogens with one attached hydrogen (secondary N) is 1. The van der Waals surface area contributed by atoms with Gasteiger partial charge in [0.25, 0.3) is 0 Å². The molecule has 0 radical (unpaired) electrons. The van der Waals surface area contributed by atoms with E-state index in [1.165, 1.54) is 23.8 Å². The van der Waals surface area contributed by atoms with Crippen molar-refractivity contribution < 1.29 is 14.3 Å². The predicted octanol–water partition coefficient (Wildman–Crippen LogP) is 2.48. The number of nitrogens with zero attached hydrogens (tertiary/aromatic N) is 3. The molecule has 0 fully saturated rings. The molecule has 1 aliphatic rings. The molecule has 0 saturated heterocycles. The zero-order valence-electron chi connectivity index (χ0n) is 15.2. The third-order valence-electron chi connectivity index (χ3n) is 5.02. The number of hydrogen-bond donors (Lipinski definition) is 1. The topological polar surface area (TPSA) is 72.4 Å². The van der Waals surface area contributed by atoms with E-state index < -0.39 is 0 Å². The molecule has 2 aromatic heterocycles. The van der Waals surface area contributed by atoms with Crippen molar-refractivity contribution in [3.8, 4) is 5.75 Å². The zero-order chi connectivity index (χ0) is 18.3. The van der Waals surface area contributed by atoms with Crippen LogP contribution in [0.1, 0.15) is 27.4 Å². The maximum Gasteiger partial charge on any atom is 0.358 e. The highest BCUT2D eigenvalue weighted by Gasteiger charge is 2.22. The van der Waals surface area contributed by atoms with Gasteiger partial charge in [-0.15, -0.1) is 0 Å². The van der Waals surface area contributed by atoms with Gasteiger partial charge in [-0.05, 0) is 36.8 Å². The highest BCUT2D eigenvalue weighted by Crippen LogP contribution is 2.27. The highest BCUT2D eigenvalue weighted by atomic mass is 16.5. The van der Waals surface area contributed by atoms with Crippen LogP contribution < -0.4 is 4.74 Å². The Morgan fingerprint density at radius 3 is 2.88 bits per heavy atom. The van der Waals surface area contributed by atoms with Gasteiger partial charge in [0.15, 0.2) is 5.69 Å². The van der Waals surface area contributed by atoms with Gasteiger partial charge in [0.05, 0.1) is 26.5 Å². The van der Waals surface area contributed by atoms with E-state index in [4.69, 9.17) is 9.47 Å². The first-order valence-corrected chi connectivity index (χ1v) is 8.61. The standard InChI is InChI=1S/C19H22N4O3/c1-12-15-9-14(25-2)4-5-16(15)20-18(12)11-22-6-7-23-13(10-22)8-17(21-23)19(24)26-3/h4-5,8-9,20H,6-7,10-11H2,1-3H3. The van der Waals surface area contributed by atoms with Crippen molar-refractivity contribution in [2.45, 2.75) is 26.6 Å². The predicted molar refractivity (Wildman–Crippen MR) is 97.3 cm³/mol. The Morgan fingerprint density at radius 2 is 2.12 bits per heavy atom. The van der Waals surface area contributed by atoms with Crippen molar-refractivity contribution in [2.75, 3.05) is 20.8 Å². The van der Waals surface area contributed by atoms with Crippen molar-refractivity contribution in [3.63, 3.8) is 0 Å². The van der Waals surface area contributed by atoms with E-state index in [0.29, 0.717) is 5.69 Å². The fraction of sp³-hybridized carbons (Fsp3) is 0.368. The average molecular weight is 354 g/mol. The van der Waals surface area contributed by atoms with Crippen LogP contribution >= 0.6 is 0 Å². The summed E-state index contributed by atoms with van der Waals surface area (Å²) in [5.74, 6) is 0.474. The maximum absolute atomic E-state index is 11.7. The monoisotopic (exact) mass is 354 g/mol. The Balaban J connectivity index is 1.55. The van der Waals surface area contributed by atoms with Crippen LogP contribution in [-0.2, 0) is 24.4 Å². The zero-order valence-corrected chi connectivity index (χ0v) is 15.2. The van der Waals surface area contributed by atoms with E-state index in [-0.39, 0.29) is 5.97 Å². The first-order chi connectivity index (χ1) is 12.6. The van der Waals surface area contributed by atoms with E-state index in [1.54, 1.807) is 7.11 Å². The van der Waals surface area contributed by atoms with Gasteiger partial charge in [-0.1, -0.05) is 0 Å². The van der Waals surface area contributed by atoms with Crippen molar-refractivity contribution in [1.29, 1.82) is 0 Å². The lowest BCUT2D eigenvalue weighted by Gasteiger charge is -2.27. The quantitative estimate of drug-likeness (QED) is 0.729. The molecule has 0 amide bonds. The fourth-order valence-corrected chi connectivity index (χ4v) is 3.53. The number of aromatic amines is 1. The lowest BCUT2D eigenvalue weighted by Crippen LogP contribution is -2.33. The molecule has 1 N–H and O–H groups in total. The van der Waals surface area contributed by atoms with Crippen LogP contribution in [0.2, 0.25) is 0 Å². The molecular formula is C19H22N4O3. The van der Waals surface area contributed by atoms with Gasteiger partial charge in [0, 0.05) is 36.2 Å². The smallest absolute Gasteiger partial charge is 0.358 e. The number of fused-ring (bicyclic) bond motifs is 2. The van der Waals surface area contributed by atoms with Crippen LogP contribution in [0.4, 0.5) is 0 Å². The average Bonchev–Trinajstić information content (AvgIpc) is 3.22. The van der Waals surface area contributed by atoms with Crippen molar-refractivity contribution in [1.82, 2.24) is 19.7 Å². The number of hydrogen-bond acceptors (Lipinski definition) is 5. The van der Waals surface area contributed by atoms with Crippen LogP contribution in [0.5, 0.6) is 5.75 Å². The first kappa shape index (κ1) is 16.7. The van der Waals surface area contributed by atoms with E-state index in [9.17, 15) is 4.79 Å². The number of esters is 1. The van der Waals surface area contributed by atoms with E-state index in [1.807, 2.05) is 16.8 Å². The third kappa shape index (κ3) is 2.84. The van der Waals surface area contributed by atoms with Gasteiger partial charge >= 0.3 is 5.97 Å². The maximum atomic E-state index is 11.7. The molecule has 136 valence electrons. The minimum atomic E-state index is -0.390. The summed E-state index contributed by atoms with van der Waals surface area (Å²) in [4.78, 5) is 17.6. The van der Waals surface area contributed by atoms with Crippen molar-refractivity contribution >= 4 is 16.9 Å². The largest absolute Gasteiger partial charge is 0.497 e. The van der Waals surface area contributed by atoms with Crippen LogP contribution in [-0.4, -0.2) is 46.4 Å². The van der Waals surface area contributed by atoms with Gasteiger partial charge < -0.3 is 14.5 Å². The van der Waals surface area contributed by atoms with Gasteiger partial charge in [-0.2, -0.15) is 5.10 Å². The van der Waals surface area contributed by atoms with Crippen LogP contribution in [0.15, 0.2) is 24.3 Å². The molecule has 4 rings (SSSR count). The lowest BCUT2D eigenvalue weighted by atomic mass is 10.1.